The molecule has 5 heteroatoms. The maximum Gasteiger partial charge on any atom is 0.215 e. The molecule has 0 saturated carbocycles. The zero-order chi connectivity index (χ0) is 18.2. The van der Waals surface area contributed by atoms with Crippen LogP contribution in [0.25, 0.3) is 0 Å². The van der Waals surface area contributed by atoms with Crippen molar-refractivity contribution in [3.05, 3.63) is 64.7 Å². The zero-order valence-electron chi connectivity index (χ0n) is 15.0. The minimum absolute atomic E-state index is 0.227. The summed E-state index contributed by atoms with van der Waals surface area (Å²) in [4.78, 5) is 2.47. The van der Waals surface area contributed by atoms with E-state index in [1.54, 1.807) is 0 Å². The van der Waals surface area contributed by atoms with Gasteiger partial charge in [-0.15, -0.1) is 0 Å². The predicted molar refractivity (Wildman–Crippen MR) is 108 cm³/mol. The Bertz CT molecular complexity index is 711. The van der Waals surface area contributed by atoms with Crippen molar-refractivity contribution in [1.82, 2.24) is 4.90 Å². The normalized spacial score (nSPS) is 14.3. The summed E-state index contributed by atoms with van der Waals surface area (Å²) in [7, 11) is 0. The molecule has 1 fully saturated rings. The summed E-state index contributed by atoms with van der Waals surface area (Å²) in [6.07, 6.45) is 3.58. The van der Waals surface area contributed by atoms with Crippen LogP contribution >= 0.6 is 11.6 Å². The van der Waals surface area contributed by atoms with E-state index in [0.717, 1.165) is 34.8 Å². The molecule has 0 amide bonds. The van der Waals surface area contributed by atoms with Crippen LogP contribution < -0.4 is 5.32 Å². The Morgan fingerprint density at radius 1 is 1.08 bits per heavy atom. The zero-order valence-corrected chi connectivity index (χ0v) is 15.8. The summed E-state index contributed by atoms with van der Waals surface area (Å²) >= 11 is 5.93. The van der Waals surface area contributed by atoms with Crippen molar-refractivity contribution in [3.8, 4) is 0 Å². The Kier molecular flexibility index (Phi) is 6.92. The van der Waals surface area contributed by atoms with E-state index in [4.69, 9.17) is 21.7 Å². The van der Waals surface area contributed by atoms with Crippen LogP contribution in [0.3, 0.4) is 0 Å². The molecule has 3 rings (SSSR count). The molecule has 2 aromatic rings. The molecule has 0 aliphatic carbocycles. The first-order chi connectivity index (χ1) is 12.7. The molecule has 26 heavy (non-hydrogen) atoms. The molecule has 2 N–H and O–H groups in total. The molecule has 1 aliphatic rings. The predicted octanol–water partition coefficient (Wildman–Crippen LogP) is 4.78. The van der Waals surface area contributed by atoms with Gasteiger partial charge in [-0.2, -0.15) is 0 Å². The van der Waals surface area contributed by atoms with Crippen molar-refractivity contribution in [2.75, 3.05) is 31.6 Å². The highest BCUT2D eigenvalue weighted by Crippen LogP contribution is 2.18. The lowest BCUT2D eigenvalue weighted by Gasteiger charge is -2.16. The largest absolute Gasteiger partial charge is 0.478 e. The van der Waals surface area contributed by atoms with Crippen molar-refractivity contribution in [2.24, 2.45) is 0 Å². The number of para-hydroxylation sites is 1. The van der Waals surface area contributed by atoms with E-state index in [1.165, 1.54) is 25.9 Å². The quantitative estimate of drug-likeness (QED) is 0.399. The number of benzene rings is 2. The number of anilines is 1. The van der Waals surface area contributed by atoms with Gasteiger partial charge in [0.25, 0.3) is 0 Å². The van der Waals surface area contributed by atoms with Crippen molar-refractivity contribution >= 4 is 23.2 Å². The number of hydrogen-bond acceptors (Lipinski definition) is 4. The fourth-order valence-electron chi connectivity index (χ4n) is 3.18. The van der Waals surface area contributed by atoms with Gasteiger partial charge >= 0.3 is 0 Å². The van der Waals surface area contributed by atoms with Gasteiger partial charge in [0.2, 0.25) is 5.90 Å². The summed E-state index contributed by atoms with van der Waals surface area (Å²) in [5, 5.41) is 12.4. The molecule has 2 aromatic carbocycles. The molecule has 0 aromatic heterocycles. The van der Waals surface area contributed by atoms with Crippen LogP contribution in [0.1, 0.15) is 30.4 Å². The number of halogens is 1. The minimum Gasteiger partial charge on any atom is -0.478 e. The molecular weight excluding hydrogens is 346 g/mol. The molecule has 4 nitrogen and oxygen atoms in total. The summed E-state index contributed by atoms with van der Waals surface area (Å²) in [6, 6.07) is 15.6. The van der Waals surface area contributed by atoms with Gasteiger partial charge in [-0.1, -0.05) is 35.9 Å². The maximum atomic E-state index is 8.28. The Morgan fingerprint density at radius 2 is 1.81 bits per heavy atom. The maximum absolute atomic E-state index is 8.28. The van der Waals surface area contributed by atoms with Gasteiger partial charge in [0.05, 0.1) is 12.2 Å². The van der Waals surface area contributed by atoms with Crippen LogP contribution in [-0.4, -0.2) is 37.0 Å². The van der Waals surface area contributed by atoms with Crippen LogP contribution in [0.5, 0.6) is 0 Å². The lowest BCUT2D eigenvalue weighted by atomic mass is 10.1. The van der Waals surface area contributed by atoms with E-state index < -0.39 is 0 Å². The first kappa shape index (κ1) is 18.7. The highest BCUT2D eigenvalue weighted by atomic mass is 35.5. The molecule has 0 spiro atoms. The molecule has 0 radical (unpaired) electrons. The molecule has 1 heterocycles. The van der Waals surface area contributed by atoms with Crippen molar-refractivity contribution in [3.63, 3.8) is 0 Å². The van der Waals surface area contributed by atoms with E-state index in [-0.39, 0.29) is 5.90 Å². The lowest BCUT2D eigenvalue weighted by Crippen LogP contribution is -2.22. The standard InChI is InChI=1S/C21H26ClN3O/c22-18-10-8-17(9-11-18)16-24-20-7-2-1-6-19(20)21(23)26-15-5-14-25-12-3-4-13-25/h1-2,6-11,23-24H,3-5,12-16H2. The van der Waals surface area contributed by atoms with Crippen LogP contribution in [0.4, 0.5) is 5.69 Å². The topological polar surface area (TPSA) is 48.4 Å². The number of nitrogens with zero attached hydrogens (tertiary/aromatic N) is 1. The summed E-state index contributed by atoms with van der Waals surface area (Å²) in [5.74, 6) is 0.227. The lowest BCUT2D eigenvalue weighted by molar-refractivity contribution is 0.254. The monoisotopic (exact) mass is 371 g/mol. The first-order valence-electron chi connectivity index (χ1n) is 9.24. The third-order valence-electron chi connectivity index (χ3n) is 4.63. The number of rotatable bonds is 8. The van der Waals surface area contributed by atoms with E-state index >= 15 is 0 Å². The smallest absolute Gasteiger partial charge is 0.215 e. The van der Waals surface area contributed by atoms with E-state index in [9.17, 15) is 0 Å². The Morgan fingerprint density at radius 3 is 2.58 bits per heavy atom. The molecule has 0 atom stereocenters. The highest BCUT2D eigenvalue weighted by Gasteiger charge is 2.12. The Labute approximate surface area is 160 Å². The SMILES string of the molecule is N=C(OCCCN1CCCC1)c1ccccc1NCc1ccc(Cl)cc1. The summed E-state index contributed by atoms with van der Waals surface area (Å²) < 4.78 is 5.70. The van der Waals surface area contributed by atoms with Crippen molar-refractivity contribution in [2.45, 2.75) is 25.8 Å². The van der Waals surface area contributed by atoms with Gasteiger partial charge in [-0.25, -0.2) is 0 Å². The van der Waals surface area contributed by atoms with Crippen LogP contribution in [0, 0.1) is 5.41 Å². The first-order valence-corrected chi connectivity index (χ1v) is 9.61. The van der Waals surface area contributed by atoms with Gasteiger partial charge in [0.15, 0.2) is 0 Å². The van der Waals surface area contributed by atoms with Crippen LogP contribution in [0.15, 0.2) is 48.5 Å². The molecule has 0 bridgehead atoms. The van der Waals surface area contributed by atoms with Gasteiger partial charge < -0.3 is 15.0 Å². The average Bonchev–Trinajstić information content (AvgIpc) is 3.18. The Balaban J connectivity index is 1.50. The number of ether oxygens (including phenoxy) is 1. The summed E-state index contributed by atoms with van der Waals surface area (Å²) in [6.45, 7) is 4.73. The molecule has 1 saturated heterocycles. The van der Waals surface area contributed by atoms with Crippen molar-refractivity contribution < 1.29 is 4.74 Å². The van der Waals surface area contributed by atoms with Crippen molar-refractivity contribution in [1.29, 1.82) is 5.41 Å². The molecule has 138 valence electrons. The Hall–Kier alpha value is -2.04. The molecule has 1 aliphatic heterocycles. The average molecular weight is 372 g/mol. The number of likely N-dealkylation sites (tertiary alicyclic amines) is 1. The third-order valence-corrected chi connectivity index (χ3v) is 4.88. The fraction of sp³-hybridized carbons (Fsp3) is 0.381. The second kappa shape index (κ2) is 9.60. The van der Waals surface area contributed by atoms with Gasteiger partial charge in [-0.3, -0.25) is 5.41 Å². The second-order valence-corrected chi connectivity index (χ2v) is 7.04. The minimum atomic E-state index is 0.227. The van der Waals surface area contributed by atoms with E-state index in [2.05, 4.69) is 10.2 Å². The van der Waals surface area contributed by atoms with E-state index in [0.29, 0.717) is 13.2 Å². The molecular formula is C21H26ClN3O. The van der Waals surface area contributed by atoms with Gasteiger partial charge in [0, 0.05) is 23.8 Å². The highest BCUT2D eigenvalue weighted by molar-refractivity contribution is 6.30. The second-order valence-electron chi connectivity index (χ2n) is 6.61. The molecule has 0 unspecified atom stereocenters. The fourth-order valence-corrected chi connectivity index (χ4v) is 3.31. The number of nitrogens with one attached hydrogen (secondary N) is 2. The van der Waals surface area contributed by atoms with Crippen LogP contribution in [-0.2, 0) is 11.3 Å². The van der Waals surface area contributed by atoms with Crippen LogP contribution in [0.2, 0.25) is 5.02 Å². The summed E-state index contributed by atoms with van der Waals surface area (Å²) in [5.41, 5.74) is 2.84. The van der Waals surface area contributed by atoms with Gasteiger partial charge in [0.1, 0.15) is 0 Å². The van der Waals surface area contributed by atoms with Gasteiger partial charge in [-0.05, 0) is 62.2 Å². The number of hydrogen-bond donors (Lipinski definition) is 2. The van der Waals surface area contributed by atoms with E-state index in [1.807, 2.05) is 48.5 Å². The third kappa shape index (κ3) is 5.48.